The lowest BCUT2D eigenvalue weighted by atomic mass is 10.0. The first-order valence-corrected chi connectivity index (χ1v) is 12.5. The molecule has 0 aliphatic heterocycles. The molecule has 34 heavy (non-hydrogen) atoms. The maximum atomic E-state index is 12.0. The molecule has 0 fully saturated rings. The molecule has 5 nitrogen and oxygen atoms in total. The second-order valence-electron chi connectivity index (χ2n) is 8.85. The summed E-state index contributed by atoms with van der Waals surface area (Å²) in [5.74, 6) is -1.83. The summed E-state index contributed by atoms with van der Waals surface area (Å²) in [6, 6.07) is 6.80. The van der Waals surface area contributed by atoms with Crippen LogP contribution in [0.25, 0.3) is 0 Å². The second kappa shape index (κ2) is 17.2. The molecule has 0 bridgehead atoms. The fourth-order valence-corrected chi connectivity index (χ4v) is 3.63. The monoisotopic (exact) mass is 487 g/mol. The Labute approximate surface area is 201 Å². The summed E-state index contributed by atoms with van der Waals surface area (Å²) in [7, 11) is 0. The average molecular weight is 488 g/mol. The number of alkyl halides is 3. The van der Waals surface area contributed by atoms with E-state index in [0.29, 0.717) is 12.0 Å². The smallest absolute Gasteiger partial charge is 0.389 e. The van der Waals surface area contributed by atoms with Gasteiger partial charge in [-0.15, -0.1) is 0 Å². The molecule has 194 valence electrons. The van der Waals surface area contributed by atoms with E-state index in [0.717, 1.165) is 44.3 Å². The Balaban J connectivity index is 1.93. The number of esters is 1. The van der Waals surface area contributed by atoms with Crippen molar-refractivity contribution < 1.29 is 32.6 Å². The van der Waals surface area contributed by atoms with Crippen LogP contribution in [0.5, 0.6) is 0 Å². The number of anilines is 1. The van der Waals surface area contributed by atoms with Gasteiger partial charge in [0.25, 0.3) is 0 Å². The largest absolute Gasteiger partial charge is 0.479 e. The minimum atomic E-state index is -4.01. The normalized spacial score (nSPS) is 12.4. The summed E-state index contributed by atoms with van der Waals surface area (Å²) < 4.78 is 41.0. The Bertz CT molecular complexity index is 692. The first-order valence-electron chi connectivity index (χ1n) is 12.5. The molecule has 0 saturated carbocycles. The highest BCUT2D eigenvalue weighted by Gasteiger charge is 2.25. The van der Waals surface area contributed by atoms with Gasteiger partial charge < -0.3 is 15.2 Å². The van der Waals surface area contributed by atoms with Gasteiger partial charge in [-0.2, -0.15) is 13.2 Å². The highest BCUT2D eigenvalue weighted by atomic mass is 19.4. The van der Waals surface area contributed by atoms with E-state index < -0.39 is 30.6 Å². The van der Waals surface area contributed by atoms with Crippen molar-refractivity contribution in [3.05, 3.63) is 29.8 Å². The van der Waals surface area contributed by atoms with Crippen molar-refractivity contribution in [1.29, 1.82) is 0 Å². The number of rotatable bonds is 19. The maximum Gasteiger partial charge on any atom is 0.389 e. The first-order chi connectivity index (χ1) is 16.2. The Morgan fingerprint density at radius 2 is 1.26 bits per heavy atom. The molecule has 0 saturated heterocycles. The molecule has 1 rings (SSSR count). The molecule has 0 aliphatic rings. The van der Waals surface area contributed by atoms with Crippen molar-refractivity contribution in [3.63, 3.8) is 0 Å². The number of halogens is 3. The molecule has 0 heterocycles. The van der Waals surface area contributed by atoms with Gasteiger partial charge in [-0.1, -0.05) is 70.6 Å². The summed E-state index contributed by atoms with van der Waals surface area (Å²) in [6.07, 6.45) is 7.69. The number of benzene rings is 1. The van der Waals surface area contributed by atoms with E-state index in [1.54, 1.807) is 24.3 Å². The van der Waals surface area contributed by atoms with Crippen LogP contribution in [0.1, 0.15) is 107 Å². The quantitative estimate of drug-likeness (QED) is 0.154. The number of carboxylic acids is 1. The van der Waals surface area contributed by atoms with Crippen LogP contribution in [0.15, 0.2) is 24.3 Å². The zero-order chi connectivity index (χ0) is 25.2. The molecule has 0 aliphatic carbocycles. The molecule has 1 aromatic rings. The van der Waals surface area contributed by atoms with Crippen molar-refractivity contribution in [3.8, 4) is 0 Å². The van der Waals surface area contributed by atoms with Gasteiger partial charge in [0.15, 0.2) is 6.10 Å². The molecule has 0 amide bonds. The highest BCUT2D eigenvalue weighted by Crippen LogP contribution is 2.23. The van der Waals surface area contributed by atoms with Crippen LogP contribution in [0, 0.1) is 0 Å². The van der Waals surface area contributed by atoms with Gasteiger partial charge in [0, 0.05) is 18.7 Å². The molecule has 0 spiro atoms. The number of hydrogen-bond donors (Lipinski definition) is 2. The summed E-state index contributed by atoms with van der Waals surface area (Å²) in [4.78, 5) is 22.6. The molecule has 2 N–H and O–H groups in total. The van der Waals surface area contributed by atoms with Crippen molar-refractivity contribution in [2.24, 2.45) is 0 Å². The van der Waals surface area contributed by atoms with Crippen LogP contribution in [0.2, 0.25) is 0 Å². The zero-order valence-electron chi connectivity index (χ0n) is 20.3. The number of nitrogens with one attached hydrogen (secondary N) is 1. The van der Waals surface area contributed by atoms with E-state index >= 15 is 0 Å². The van der Waals surface area contributed by atoms with E-state index in [1.807, 2.05) is 0 Å². The van der Waals surface area contributed by atoms with Gasteiger partial charge in [-0.05, 0) is 44.0 Å². The average Bonchev–Trinajstić information content (AvgIpc) is 2.78. The fourth-order valence-electron chi connectivity index (χ4n) is 3.63. The SMILES string of the molecule is CC(OC(=O)c1ccc(NCCCCCCCCCCCCCCCC(F)(F)F)cc1)C(=O)O. The van der Waals surface area contributed by atoms with Gasteiger partial charge >= 0.3 is 18.1 Å². The van der Waals surface area contributed by atoms with Crippen molar-refractivity contribution in [2.45, 2.75) is 109 Å². The number of unbranched alkanes of at least 4 members (excludes halogenated alkanes) is 12. The third-order valence-corrected chi connectivity index (χ3v) is 5.72. The number of carboxylic acid groups (broad SMARTS) is 1. The van der Waals surface area contributed by atoms with E-state index in [2.05, 4.69) is 5.32 Å². The van der Waals surface area contributed by atoms with Gasteiger partial charge in [-0.3, -0.25) is 0 Å². The topological polar surface area (TPSA) is 75.6 Å². The lowest BCUT2D eigenvalue weighted by Gasteiger charge is -2.10. The highest BCUT2D eigenvalue weighted by molar-refractivity contribution is 5.91. The van der Waals surface area contributed by atoms with Crippen molar-refractivity contribution in [1.82, 2.24) is 0 Å². The van der Waals surface area contributed by atoms with E-state index in [9.17, 15) is 22.8 Å². The molecule has 1 unspecified atom stereocenters. The number of carbonyl (C=O) groups excluding carboxylic acids is 1. The van der Waals surface area contributed by atoms with Crippen LogP contribution in [-0.2, 0) is 9.53 Å². The molecule has 1 atom stereocenters. The number of aliphatic carboxylic acids is 1. The Morgan fingerprint density at radius 1 is 0.824 bits per heavy atom. The van der Waals surface area contributed by atoms with Gasteiger partial charge in [0.1, 0.15) is 0 Å². The molecule has 0 aromatic heterocycles. The number of carbonyl (C=O) groups is 2. The standard InChI is InChI=1S/C26H40F3NO4/c1-21(24(31)32)34-25(33)22-15-17-23(18-16-22)30-20-14-12-10-8-6-4-2-3-5-7-9-11-13-19-26(27,28)29/h15-18,21,30H,2-14,19-20H2,1H3,(H,31,32). The summed E-state index contributed by atoms with van der Waals surface area (Å²) in [6.45, 7) is 2.16. The van der Waals surface area contributed by atoms with E-state index in [-0.39, 0.29) is 6.42 Å². The van der Waals surface area contributed by atoms with Crippen molar-refractivity contribution >= 4 is 17.6 Å². The fraction of sp³-hybridized carbons (Fsp3) is 0.692. The third-order valence-electron chi connectivity index (χ3n) is 5.72. The first kappa shape index (κ1) is 29.8. The Hall–Kier alpha value is -2.25. The van der Waals surface area contributed by atoms with E-state index in [1.165, 1.54) is 45.4 Å². The second-order valence-corrected chi connectivity index (χ2v) is 8.85. The summed E-state index contributed by atoms with van der Waals surface area (Å²) in [5, 5.41) is 12.1. The van der Waals surface area contributed by atoms with E-state index in [4.69, 9.17) is 9.84 Å². The van der Waals surface area contributed by atoms with Crippen LogP contribution in [-0.4, -0.2) is 35.9 Å². The Morgan fingerprint density at radius 3 is 1.71 bits per heavy atom. The molecule has 1 aromatic carbocycles. The predicted octanol–water partition coefficient (Wildman–Crippen LogP) is 7.75. The van der Waals surface area contributed by atoms with Crippen LogP contribution < -0.4 is 5.32 Å². The lowest BCUT2D eigenvalue weighted by Crippen LogP contribution is -2.23. The predicted molar refractivity (Wildman–Crippen MR) is 128 cm³/mol. The number of hydrogen-bond acceptors (Lipinski definition) is 4. The zero-order valence-corrected chi connectivity index (χ0v) is 20.3. The summed E-state index contributed by atoms with van der Waals surface area (Å²) in [5.41, 5.74) is 1.22. The molecule has 0 radical (unpaired) electrons. The summed E-state index contributed by atoms with van der Waals surface area (Å²) >= 11 is 0. The minimum Gasteiger partial charge on any atom is -0.479 e. The lowest BCUT2D eigenvalue weighted by molar-refractivity contribution is -0.146. The molecule has 8 heteroatoms. The molecular formula is C26H40F3NO4. The van der Waals surface area contributed by atoms with Crippen LogP contribution in [0.3, 0.4) is 0 Å². The van der Waals surface area contributed by atoms with Gasteiger partial charge in [-0.25, -0.2) is 9.59 Å². The molecular weight excluding hydrogens is 447 g/mol. The maximum absolute atomic E-state index is 12.0. The van der Waals surface area contributed by atoms with Crippen molar-refractivity contribution in [2.75, 3.05) is 11.9 Å². The van der Waals surface area contributed by atoms with Gasteiger partial charge in [0.2, 0.25) is 0 Å². The number of ether oxygens (including phenoxy) is 1. The van der Waals surface area contributed by atoms with Crippen LogP contribution in [0.4, 0.5) is 18.9 Å². The third kappa shape index (κ3) is 15.6. The van der Waals surface area contributed by atoms with Crippen LogP contribution >= 0.6 is 0 Å². The minimum absolute atomic E-state index is 0.261. The Kier molecular flexibility index (Phi) is 15.1. The van der Waals surface area contributed by atoms with Gasteiger partial charge in [0.05, 0.1) is 5.56 Å².